The van der Waals surface area contributed by atoms with Crippen molar-refractivity contribution in [2.75, 3.05) is 0 Å². The topological polar surface area (TPSA) is 124 Å². The number of aromatic nitrogens is 2. The smallest absolute Gasteiger partial charge is 0.302 e. The molecular formula is C28H33FN4O4. The Kier molecular flexibility index (Phi) is 9.27. The number of fused-ring (bicyclic) bond motifs is 1. The minimum absolute atomic E-state index is 0.0339. The molecule has 3 atom stereocenters. The third kappa shape index (κ3) is 8.63. The van der Waals surface area contributed by atoms with Crippen molar-refractivity contribution in [1.29, 1.82) is 0 Å². The van der Waals surface area contributed by atoms with E-state index < -0.39 is 41.5 Å². The Labute approximate surface area is 215 Å². The first kappa shape index (κ1) is 27.7. The first-order valence-corrected chi connectivity index (χ1v) is 12.2. The van der Waals surface area contributed by atoms with Crippen molar-refractivity contribution >= 4 is 28.8 Å². The zero-order valence-electron chi connectivity index (χ0n) is 21.3. The Morgan fingerprint density at radius 2 is 1.70 bits per heavy atom. The molecule has 9 heteroatoms. The molecule has 2 amide bonds. The lowest BCUT2D eigenvalue weighted by Gasteiger charge is -2.30. The van der Waals surface area contributed by atoms with Crippen LogP contribution in [-0.2, 0) is 20.7 Å². The fraction of sp³-hybridized carbons (Fsp3) is 0.393. The summed E-state index contributed by atoms with van der Waals surface area (Å²) in [4.78, 5) is 46.3. The molecule has 1 heterocycles. The highest BCUT2D eigenvalue weighted by atomic mass is 19.1. The number of nitrogens with two attached hydrogens (primary N) is 1. The van der Waals surface area contributed by atoms with Crippen LogP contribution in [0.2, 0.25) is 0 Å². The molecule has 0 radical (unpaired) electrons. The molecule has 8 nitrogen and oxygen atoms in total. The Morgan fingerprint density at radius 3 is 2.32 bits per heavy atom. The van der Waals surface area contributed by atoms with Gasteiger partial charge >= 0.3 is 5.97 Å². The highest BCUT2D eigenvalue weighted by molar-refractivity contribution is 5.94. The van der Waals surface area contributed by atoms with Gasteiger partial charge in [0.25, 0.3) is 5.91 Å². The standard InChI is InChI=1S/C28H33FN4O4/c1-18(34)37-25(16-20(26(30)35)13-14-28(2,3)29)23(15-19-9-5-4-6-10-19)33-27(36)24-17-31-21-11-7-8-12-22(21)32-24/h4-12,17,20,23,25H,13-16H2,1-3H3,(H2,30,35)(H,33,36). The van der Waals surface area contributed by atoms with E-state index in [9.17, 15) is 18.8 Å². The van der Waals surface area contributed by atoms with Crippen LogP contribution in [0.4, 0.5) is 4.39 Å². The van der Waals surface area contributed by atoms with Crippen molar-refractivity contribution in [2.24, 2.45) is 11.7 Å². The number of benzene rings is 2. The highest BCUT2D eigenvalue weighted by Gasteiger charge is 2.32. The zero-order valence-corrected chi connectivity index (χ0v) is 21.3. The predicted octanol–water partition coefficient (Wildman–Crippen LogP) is 3.92. The number of nitrogens with zero attached hydrogens (tertiary/aromatic N) is 2. The van der Waals surface area contributed by atoms with Crippen LogP contribution in [0.25, 0.3) is 11.0 Å². The molecule has 0 saturated heterocycles. The number of amides is 2. The number of ether oxygens (including phenoxy) is 1. The highest BCUT2D eigenvalue weighted by Crippen LogP contribution is 2.25. The van der Waals surface area contributed by atoms with E-state index >= 15 is 0 Å². The maximum Gasteiger partial charge on any atom is 0.302 e. The maximum absolute atomic E-state index is 14.2. The summed E-state index contributed by atoms with van der Waals surface area (Å²) in [5.74, 6) is -2.45. The largest absolute Gasteiger partial charge is 0.460 e. The number of esters is 1. The number of carbonyl (C=O) groups is 3. The molecule has 1 aromatic heterocycles. The van der Waals surface area contributed by atoms with Gasteiger partial charge in [-0.1, -0.05) is 42.5 Å². The molecule has 3 unspecified atom stereocenters. The molecule has 0 aliphatic carbocycles. The molecule has 0 aliphatic heterocycles. The zero-order chi connectivity index (χ0) is 27.0. The van der Waals surface area contributed by atoms with Crippen molar-refractivity contribution in [2.45, 2.75) is 64.3 Å². The first-order valence-electron chi connectivity index (χ1n) is 12.2. The van der Waals surface area contributed by atoms with Gasteiger partial charge in [-0.3, -0.25) is 19.4 Å². The third-order valence-corrected chi connectivity index (χ3v) is 6.07. The van der Waals surface area contributed by atoms with Crippen LogP contribution in [-0.4, -0.2) is 45.6 Å². The van der Waals surface area contributed by atoms with Gasteiger partial charge in [0.05, 0.1) is 23.3 Å². The average Bonchev–Trinajstić information content (AvgIpc) is 2.84. The Morgan fingerprint density at radius 1 is 1.05 bits per heavy atom. The molecule has 3 aromatic rings. The number of para-hydroxylation sites is 2. The summed E-state index contributed by atoms with van der Waals surface area (Å²) in [6.07, 6.45) is 1.12. The lowest BCUT2D eigenvalue weighted by molar-refractivity contribution is -0.149. The Balaban J connectivity index is 1.90. The van der Waals surface area contributed by atoms with Gasteiger partial charge in [0.1, 0.15) is 17.5 Å². The van der Waals surface area contributed by atoms with Crippen LogP contribution < -0.4 is 11.1 Å². The summed E-state index contributed by atoms with van der Waals surface area (Å²) < 4.78 is 19.8. The average molecular weight is 509 g/mol. The summed E-state index contributed by atoms with van der Waals surface area (Å²) in [5, 5.41) is 2.92. The van der Waals surface area contributed by atoms with E-state index in [0.29, 0.717) is 17.5 Å². The monoisotopic (exact) mass is 508 g/mol. The van der Waals surface area contributed by atoms with E-state index in [1.165, 1.54) is 27.0 Å². The van der Waals surface area contributed by atoms with Gasteiger partial charge in [0.2, 0.25) is 5.91 Å². The molecule has 37 heavy (non-hydrogen) atoms. The van der Waals surface area contributed by atoms with Crippen molar-refractivity contribution in [3.05, 3.63) is 72.1 Å². The molecule has 2 aromatic carbocycles. The molecule has 0 fully saturated rings. The summed E-state index contributed by atoms with van der Waals surface area (Å²) in [7, 11) is 0. The molecule has 196 valence electrons. The fourth-order valence-corrected chi connectivity index (χ4v) is 4.13. The van der Waals surface area contributed by atoms with Gasteiger partial charge in [-0.05, 0) is 57.2 Å². The number of primary amides is 1. The van der Waals surface area contributed by atoms with Crippen LogP contribution in [0, 0.1) is 5.92 Å². The number of nitrogens with one attached hydrogen (secondary N) is 1. The summed E-state index contributed by atoms with van der Waals surface area (Å²) in [6, 6.07) is 15.8. The number of carbonyl (C=O) groups excluding carboxylic acids is 3. The van der Waals surface area contributed by atoms with Crippen LogP contribution >= 0.6 is 0 Å². The summed E-state index contributed by atoms with van der Waals surface area (Å²) in [6.45, 7) is 4.11. The van der Waals surface area contributed by atoms with Gasteiger partial charge < -0.3 is 15.8 Å². The minimum atomic E-state index is -1.49. The molecule has 3 N–H and O–H groups in total. The van der Waals surface area contributed by atoms with Crippen LogP contribution in [0.15, 0.2) is 60.8 Å². The van der Waals surface area contributed by atoms with E-state index in [1.807, 2.05) is 36.4 Å². The number of halogens is 1. The van der Waals surface area contributed by atoms with E-state index in [0.717, 1.165) is 5.56 Å². The second kappa shape index (κ2) is 12.4. The second-order valence-electron chi connectivity index (χ2n) is 9.75. The van der Waals surface area contributed by atoms with Crippen molar-refractivity contribution in [3.63, 3.8) is 0 Å². The van der Waals surface area contributed by atoms with Gasteiger partial charge in [0, 0.05) is 12.8 Å². The second-order valence-corrected chi connectivity index (χ2v) is 9.75. The number of hydrogen-bond acceptors (Lipinski definition) is 6. The SMILES string of the molecule is CC(=O)OC(CC(CCC(C)(C)F)C(N)=O)C(Cc1ccccc1)NC(=O)c1cnc2ccccc2n1. The van der Waals surface area contributed by atoms with Crippen molar-refractivity contribution in [3.8, 4) is 0 Å². The molecule has 3 rings (SSSR count). The third-order valence-electron chi connectivity index (χ3n) is 6.07. The quantitative estimate of drug-likeness (QED) is 0.357. The number of rotatable bonds is 12. The molecule has 0 saturated carbocycles. The van der Waals surface area contributed by atoms with Gasteiger partial charge in [-0.25, -0.2) is 9.37 Å². The lowest BCUT2D eigenvalue weighted by Crippen LogP contribution is -2.48. The maximum atomic E-state index is 14.2. The van der Waals surface area contributed by atoms with Crippen molar-refractivity contribution < 1.29 is 23.5 Å². The van der Waals surface area contributed by atoms with Gasteiger partial charge in [0.15, 0.2) is 0 Å². The number of alkyl halides is 1. The van der Waals surface area contributed by atoms with E-state index in [2.05, 4.69) is 15.3 Å². The summed E-state index contributed by atoms with van der Waals surface area (Å²) >= 11 is 0. The minimum Gasteiger partial charge on any atom is -0.460 e. The molecule has 0 aliphatic rings. The summed E-state index contributed by atoms with van der Waals surface area (Å²) in [5.41, 5.74) is 6.35. The van der Waals surface area contributed by atoms with Crippen molar-refractivity contribution in [1.82, 2.24) is 15.3 Å². The first-order chi connectivity index (χ1) is 17.5. The molecule has 0 bridgehead atoms. The van der Waals surface area contributed by atoms with Crippen LogP contribution in [0.5, 0.6) is 0 Å². The van der Waals surface area contributed by atoms with E-state index in [-0.39, 0.29) is 25.0 Å². The number of hydrogen-bond donors (Lipinski definition) is 2. The van der Waals surface area contributed by atoms with Crippen LogP contribution in [0.3, 0.4) is 0 Å². The normalized spacial score (nSPS) is 13.9. The Hall–Kier alpha value is -3.88. The lowest BCUT2D eigenvalue weighted by atomic mass is 9.87. The van der Waals surface area contributed by atoms with E-state index in [4.69, 9.17) is 10.5 Å². The Bertz CT molecular complexity index is 1230. The van der Waals surface area contributed by atoms with E-state index in [1.54, 1.807) is 18.2 Å². The predicted molar refractivity (Wildman–Crippen MR) is 138 cm³/mol. The molecular weight excluding hydrogens is 475 g/mol. The van der Waals surface area contributed by atoms with Crippen LogP contribution in [0.1, 0.15) is 56.1 Å². The van der Waals surface area contributed by atoms with Gasteiger partial charge in [-0.15, -0.1) is 0 Å². The molecule has 0 spiro atoms. The fourth-order valence-electron chi connectivity index (χ4n) is 4.13. The van der Waals surface area contributed by atoms with Gasteiger partial charge in [-0.2, -0.15) is 0 Å².